The van der Waals surface area contributed by atoms with E-state index in [1.807, 2.05) is 0 Å². The molecule has 0 aromatic heterocycles. The van der Waals surface area contributed by atoms with Gasteiger partial charge in [-0.1, -0.05) is 96.8 Å². The molecular formula is C23H46ClNO2. The second kappa shape index (κ2) is 27.6. The Hall–Kier alpha value is -0.630. The van der Waals surface area contributed by atoms with Crippen molar-refractivity contribution in [3.63, 3.8) is 0 Å². The Morgan fingerprint density at radius 1 is 0.704 bits per heavy atom. The number of quaternary nitrogens is 1. The van der Waals surface area contributed by atoms with Crippen LogP contribution in [-0.4, -0.2) is 32.9 Å². The molecule has 0 aromatic rings. The summed E-state index contributed by atoms with van der Waals surface area (Å²) in [5.41, 5.74) is 0. The molecule has 27 heavy (non-hydrogen) atoms. The first kappa shape index (κ1) is 31.1. The van der Waals surface area contributed by atoms with E-state index in [9.17, 15) is 9.59 Å². The molecule has 0 atom stereocenters. The second-order valence-corrected chi connectivity index (χ2v) is 7.93. The Labute approximate surface area is 175 Å². The molecule has 0 saturated heterocycles. The van der Waals surface area contributed by atoms with Crippen LogP contribution in [0.5, 0.6) is 0 Å². The molecule has 0 aromatic carbocycles. The normalized spacial score (nSPS) is 9.81. The monoisotopic (exact) mass is 403 g/mol. The summed E-state index contributed by atoms with van der Waals surface area (Å²) in [4.78, 5) is 22.4. The van der Waals surface area contributed by atoms with Crippen molar-refractivity contribution in [3.05, 3.63) is 6.08 Å². The number of carbonyl (C=O) groups excluding carboxylic acids is 2. The fourth-order valence-corrected chi connectivity index (χ4v) is 2.81. The Morgan fingerprint density at radius 3 is 1.30 bits per heavy atom. The van der Waals surface area contributed by atoms with E-state index in [0.29, 0.717) is 6.42 Å². The van der Waals surface area contributed by atoms with Gasteiger partial charge in [-0.15, -0.1) is 0 Å². The first-order valence-corrected chi connectivity index (χ1v) is 11.0. The third-order valence-electron chi connectivity index (χ3n) is 4.25. The topological polar surface area (TPSA) is 38.6 Å². The number of hydrogen-bond acceptors (Lipinski definition) is 2. The number of nitrogens with one attached hydrogen (secondary N) is 1. The molecule has 0 radical (unpaired) electrons. The van der Waals surface area contributed by atoms with Gasteiger partial charge in [-0.3, -0.25) is 4.79 Å². The largest absolute Gasteiger partial charge is 1.00 e. The van der Waals surface area contributed by atoms with Gasteiger partial charge in [0.15, 0.2) is 5.78 Å². The van der Waals surface area contributed by atoms with Crippen LogP contribution >= 0.6 is 0 Å². The van der Waals surface area contributed by atoms with E-state index in [0.717, 1.165) is 18.9 Å². The van der Waals surface area contributed by atoms with Gasteiger partial charge in [-0.2, -0.15) is 0 Å². The lowest BCUT2D eigenvalue weighted by molar-refractivity contribution is -0.836. The molecule has 0 spiro atoms. The average Bonchev–Trinajstić information content (AvgIpc) is 2.58. The fraction of sp³-hybridized carbons (Fsp3) is 0.870. The maximum absolute atomic E-state index is 11.1. The number of carbonyl (C=O) groups is 1. The predicted molar refractivity (Wildman–Crippen MR) is 114 cm³/mol. The molecule has 162 valence electrons. The molecule has 4 heteroatoms. The van der Waals surface area contributed by atoms with Crippen molar-refractivity contribution in [2.75, 3.05) is 21.1 Å². The van der Waals surface area contributed by atoms with E-state index in [1.165, 1.54) is 88.4 Å². The van der Waals surface area contributed by atoms with Crippen LogP contribution in [0.25, 0.3) is 0 Å². The van der Waals surface area contributed by atoms with Gasteiger partial charge in [0.1, 0.15) is 5.94 Å². The number of ketones is 1. The van der Waals surface area contributed by atoms with Gasteiger partial charge in [0.2, 0.25) is 0 Å². The number of hydrogen-bond donors (Lipinski definition) is 1. The van der Waals surface area contributed by atoms with Gasteiger partial charge >= 0.3 is 0 Å². The van der Waals surface area contributed by atoms with Gasteiger partial charge in [0, 0.05) is 6.42 Å². The maximum atomic E-state index is 11.1. The minimum Gasteiger partial charge on any atom is -1.00 e. The van der Waals surface area contributed by atoms with E-state index in [1.54, 1.807) is 5.94 Å². The Morgan fingerprint density at radius 2 is 1.00 bits per heavy atom. The maximum Gasteiger partial charge on any atom is 0.166 e. The van der Waals surface area contributed by atoms with Crippen molar-refractivity contribution in [3.8, 4) is 0 Å². The van der Waals surface area contributed by atoms with Crippen LogP contribution in [0.2, 0.25) is 0 Å². The van der Waals surface area contributed by atoms with Crippen LogP contribution in [0.15, 0.2) is 6.08 Å². The Kier molecular flexibility index (Phi) is 31.8. The molecule has 0 heterocycles. The van der Waals surface area contributed by atoms with Crippen molar-refractivity contribution in [2.24, 2.45) is 0 Å². The third kappa shape index (κ3) is 36.9. The summed E-state index contributed by atoms with van der Waals surface area (Å²) in [6.07, 6.45) is 21.4. The molecule has 0 bridgehead atoms. The van der Waals surface area contributed by atoms with Crippen molar-refractivity contribution in [2.45, 2.75) is 110 Å². The first-order valence-electron chi connectivity index (χ1n) is 11.0. The Balaban J connectivity index is -0.00000104. The number of rotatable bonds is 17. The zero-order valence-electron chi connectivity index (χ0n) is 18.6. The quantitative estimate of drug-likeness (QED) is 0.229. The highest BCUT2D eigenvalue weighted by molar-refractivity contribution is 5.95. The van der Waals surface area contributed by atoms with Crippen molar-refractivity contribution in [1.29, 1.82) is 0 Å². The molecule has 0 aliphatic rings. The molecule has 0 saturated carbocycles. The lowest BCUT2D eigenvalue weighted by Crippen LogP contribution is -3.02. The van der Waals surface area contributed by atoms with E-state index in [-0.39, 0.29) is 18.2 Å². The van der Waals surface area contributed by atoms with Gasteiger partial charge in [0.25, 0.3) is 0 Å². The molecule has 1 N–H and O–H groups in total. The first-order chi connectivity index (χ1) is 12.5. The number of allylic oxidation sites excluding steroid dienone is 1. The number of halogens is 1. The van der Waals surface area contributed by atoms with Crippen LogP contribution < -0.4 is 17.3 Å². The summed E-state index contributed by atoms with van der Waals surface area (Å²) >= 11 is 0. The van der Waals surface area contributed by atoms with Crippen molar-refractivity contribution in [1.82, 2.24) is 0 Å². The molecule has 0 fully saturated rings. The lowest BCUT2D eigenvalue weighted by Gasteiger charge is -2.03. The average molecular weight is 404 g/mol. The molecule has 0 amide bonds. The van der Waals surface area contributed by atoms with Gasteiger partial charge < -0.3 is 17.3 Å². The summed E-state index contributed by atoms with van der Waals surface area (Å²) in [5.74, 6) is 1.47. The standard InChI is InChI=1S/C20H36O2.C3H9N.ClH/c1-2-3-4-5-6-7-8-9-10-11-12-13-14-15-16-17-20(22)18-19-21;1-4(2)3;/h18H,2-17H2,1H3;1-3H3;1H. The van der Waals surface area contributed by atoms with Crippen LogP contribution in [-0.2, 0) is 9.59 Å². The minimum atomic E-state index is -0.0790. The summed E-state index contributed by atoms with van der Waals surface area (Å²) in [6.45, 7) is 2.27. The molecule has 0 unspecified atom stereocenters. The second-order valence-electron chi connectivity index (χ2n) is 7.93. The molecule has 0 rings (SSSR count). The molecule has 3 nitrogen and oxygen atoms in total. The van der Waals surface area contributed by atoms with Crippen molar-refractivity contribution >= 4 is 11.7 Å². The molecule has 0 aliphatic carbocycles. The van der Waals surface area contributed by atoms with Gasteiger partial charge in [0.05, 0.1) is 27.2 Å². The third-order valence-corrected chi connectivity index (χ3v) is 4.25. The zero-order valence-corrected chi connectivity index (χ0v) is 19.3. The van der Waals surface area contributed by atoms with E-state index in [2.05, 4.69) is 28.1 Å². The van der Waals surface area contributed by atoms with Crippen molar-refractivity contribution < 1.29 is 26.9 Å². The van der Waals surface area contributed by atoms with Crippen LogP contribution in [0.1, 0.15) is 110 Å². The van der Waals surface area contributed by atoms with E-state index in [4.69, 9.17) is 0 Å². The minimum absolute atomic E-state index is 0. The highest BCUT2D eigenvalue weighted by atomic mass is 35.5. The summed E-state index contributed by atoms with van der Waals surface area (Å²) < 4.78 is 0. The fourth-order valence-electron chi connectivity index (χ4n) is 2.81. The lowest BCUT2D eigenvalue weighted by atomic mass is 10.0. The summed E-state index contributed by atoms with van der Waals surface area (Å²) in [7, 11) is 6.25. The molecule has 0 aliphatic heterocycles. The SMILES string of the molecule is CCCCCCCCCCCCCCCCCC(=O)C=C=O.C[NH+](C)C.[Cl-]. The van der Waals surface area contributed by atoms with E-state index < -0.39 is 0 Å². The van der Waals surface area contributed by atoms with Crippen LogP contribution in [0.4, 0.5) is 0 Å². The number of unbranched alkanes of at least 4 members (excludes halogenated alkanes) is 14. The highest BCUT2D eigenvalue weighted by Crippen LogP contribution is 2.13. The van der Waals surface area contributed by atoms with Gasteiger partial charge in [-0.25, -0.2) is 4.79 Å². The van der Waals surface area contributed by atoms with E-state index >= 15 is 0 Å². The molecular weight excluding hydrogens is 358 g/mol. The summed E-state index contributed by atoms with van der Waals surface area (Å²) in [6, 6.07) is 0. The predicted octanol–water partition coefficient (Wildman–Crippen LogP) is 1.97. The highest BCUT2D eigenvalue weighted by Gasteiger charge is 1.97. The van der Waals surface area contributed by atoms with Gasteiger partial charge in [-0.05, 0) is 6.42 Å². The van der Waals surface area contributed by atoms with Crippen LogP contribution in [0, 0.1) is 0 Å². The Bertz CT molecular complexity index is 337. The van der Waals surface area contributed by atoms with Crippen LogP contribution in [0.3, 0.4) is 0 Å². The zero-order chi connectivity index (χ0) is 19.9. The smallest absolute Gasteiger partial charge is 0.166 e. The summed E-state index contributed by atoms with van der Waals surface area (Å²) in [5, 5.41) is 0.